The van der Waals surface area contributed by atoms with Crippen LogP contribution in [0.1, 0.15) is 17.7 Å². The van der Waals surface area contributed by atoms with E-state index in [9.17, 15) is 12.8 Å². The third-order valence-electron chi connectivity index (χ3n) is 4.86. The number of fused-ring (bicyclic) bond motifs is 1. The SMILES string of the molecule is C[C@H](NS(C)(=O)=O)[C@@H](Sc1ccc2c(cnn2-c2ccc(F)cc2)c1)c1ccccc1. The van der Waals surface area contributed by atoms with Crippen LogP contribution in [0, 0.1) is 5.82 Å². The predicted molar refractivity (Wildman–Crippen MR) is 124 cm³/mol. The molecule has 0 fully saturated rings. The number of benzene rings is 3. The topological polar surface area (TPSA) is 64.0 Å². The predicted octanol–water partition coefficient (Wildman–Crippen LogP) is 4.94. The number of halogens is 1. The van der Waals surface area contributed by atoms with Crippen molar-refractivity contribution in [1.82, 2.24) is 14.5 Å². The summed E-state index contributed by atoms with van der Waals surface area (Å²) in [7, 11) is -3.34. The van der Waals surface area contributed by atoms with Crippen molar-refractivity contribution < 1.29 is 12.8 Å². The number of nitrogens with zero attached hydrogens (tertiary/aromatic N) is 2. The van der Waals surface area contributed by atoms with Crippen LogP contribution in [0.5, 0.6) is 0 Å². The molecule has 0 spiro atoms. The molecule has 4 aromatic rings. The van der Waals surface area contributed by atoms with E-state index in [0.717, 1.165) is 27.0 Å². The zero-order valence-corrected chi connectivity index (χ0v) is 18.7. The van der Waals surface area contributed by atoms with Gasteiger partial charge in [-0.05, 0) is 55.0 Å². The molecular formula is C23H22FN3O2S2. The fourth-order valence-corrected chi connectivity index (χ4v) is 5.62. The average Bonchev–Trinajstić information content (AvgIpc) is 3.15. The molecule has 0 aliphatic carbocycles. The number of hydrogen-bond donors (Lipinski definition) is 1. The Morgan fingerprint density at radius 3 is 2.42 bits per heavy atom. The molecule has 0 aliphatic heterocycles. The van der Waals surface area contributed by atoms with Gasteiger partial charge in [-0.15, -0.1) is 11.8 Å². The molecule has 0 radical (unpaired) electrons. The van der Waals surface area contributed by atoms with Gasteiger partial charge in [-0.2, -0.15) is 5.10 Å². The van der Waals surface area contributed by atoms with E-state index >= 15 is 0 Å². The van der Waals surface area contributed by atoms with Gasteiger partial charge in [-0.1, -0.05) is 30.3 Å². The summed E-state index contributed by atoms with van der Waals surface area (Å²) in [6.45, 7) is 1.87. The number of aromatic nitrogens is 2. The van der Waals surface area contributed by atoms with E-state index < -0.39 is 10.0 Å². The molecule has 1 N–H and O–H groups in total. The van der Waals surface area contributed by atoms with E-state index in [-0.39, 0.29) is 17.1 Å². The van der Waals surface area contributed by atoms with Crippen LogP contribution >= 0.6 is 11.8 Å². The molecular weight excluding hydrogens is 433 g/mol. The Kier molecular flexibility index (Phi) is 6.13. The Labute approximate surface area is 185 Å². The lowest BCUT2D eigenvalue weighted by atomic mass is 10.1. The molecule has 5 nitrogen and oxygen atoms in total. The maximum Gasteiger partial charge on any atom is 0.208 e. The first kappa shape index (κ1) is 21.5. The van der Waals surface area contributed by atoms with Crippen LogP contribution in [0.2, 0.25) is 0 Å². The van der Waals surface area contributed by atoms with Gasteiger partial charge in [0.25, 0.3) is 0 Å². The summed E-state index contributed by atoms with van der Waals surface area (Å²) >= 11 is 1.60. The average molecular weight is 456 g/mol. The van der Waals surface area contributed by atoms with Crippen molar-refractivity contribution in [2.24, 2.45) is 0 Å². The molecule has 8 heteroatoms. The zero-order chi connectivity index (χ0) is 22.0. The van der Waals surface area contributed by atoms with Gasteiger partial charge in [-0.25, -0.2) is 22.2 Å². The third-order valence-corrected chi connectivity index (χ3v) is 7.12. The van der Waals surface area contributed by atoms with Crippen LogP contribution in [0.15, 0.2) is 83.9 Å². The Bertz CT molecular complexity index is 1290. The molecule has 1 heterocycles. The summed E-state index contributed by atoms with van der Waals surface area (Å²) in [4.78, 5) is 1.00. The number of nitrogens with one attached hydrogen (secondary N) is 1. The summed E-state index contributed by atoms with van der Waals surface area (Å²) in [5.74, 6) is -0.289. The maximum absolute atomic E-state index is 13.2. The highest BCUT2D eigenvalue weighted by Gasteiger charge is 2.23. The quantitative estimate of drug-likeness (QED) is 0.401. The first-order valence-corrected chi connectivity index (χ1v) is 12.5. The Balaban J connectivity index is 1.65. The lowest BCUT2D eigenvalue weighted by molar-refractivity contribution is 0.563. The summed E-state index contributed by atoms with van der Waals surface area (Å²) in [5.41, 5.74) is 2.73. The highest BCUT2D eigenvalue weighted by atomic mass is 32.2. The molecule has 3 aromatic carbocycles. The molecule has 0 amide bonds. The van der Waals surface area contributed by atoms with Gasteiger partial charge in [0.1, 0.15) is 5.82 Å². The number of thioether (sulfide) groups is 1. The fourth-order valence-electron chi connectivity index (χ4n) is 3.52. The summed E-state index contributed by atoms with van der Waals surface area (Å²) in [5, 5.41) is 5.29. The first-order valence-electron chi connectivity index (χ1n) is 9.73. The Morgan fingerprint density at radius 2 is 1.74 bits per heavy atom. The summed E-state index contributed by atoms with van der Waals surface area (Å²) < 4.78 is 41.3. The molecule has 0 bridgehead atoms. The van der Waals surface area contributed by atoms with Crippen LogP contribution in [0.25, 0.3) is 16.6 Å². The molecule has 0 saturated carbocycles. The van der Waals surface area contributed by atoms with Gasteiger partial charge in [0.05, 0.1) is 28.9 Å². The Hall–Kier alpha value is -2.68. The maximum atomic E-state index is 13.2. The van der Waals surface area contributed by atoms with Gasteiger partial charge in [0, 0.05) is 16.3 Å². The minimum atomic E-state index is -3.34. The molecule has 0 unspecified atom stereocenters. The molecule has 0 saturated heterocycles. The van der Waals surface area contributed by atoms with E-state index in [0.29, 0.717) is 0 Å². The molecule has 31 heavy (non-hydrogen) atoms. The van der Waals surface area contributed by atoms with Gasteiger partial charge in [0.15, 0.2) is 0 Å². The van der Waals surface area contributed by atoms with Crippen LogP contribution in [-0.4, -0.2) is 30.5 Å². The fraction of sp³-hybridized carbons (Fsp3) is 0.174. The minimum absolute atomic E-state index is 0.111. The molecule has 160 valence electrons. The molecule has 4 rings (SSSR count). The third kappa shape index (κ3) is 5.15. The molecule has 0 aliphatic rings. The van der Waals surface area contributed by atoms with Crippen molar-refractivity contribution in [2.45, 2.75) is 23.1 Å². The zero-order valence-electron chi connectivity index (χ0n) is 17.1. The van der Waals surface area contributed by atoms with Crippen molar-refractivity contribution in [1.29, 1.82) is 0 Å². The van der Waals surface area contributed by atoms with Gasteiger partial charge >= 0.3 is 0 Å². The minimum Gasteiger partial charge on any atom is -0.233 e. The summed E-state index contributed by atoms with van der Waals surface area (Å²) in [6.07, 6.45) is 2.95. The second kappa shape index (κ2) is 8.82. The molecule has 2 atom stereocenters. The van der Waals surface area contributed by atoms with Crippen molar-refractivity contribution in [2.75, 3.05) is 6.26 Å². The van der Waals surface area contributed by atoms with Gasteiger partial charge < -0.3 is 0 Å². The van der Waals surface area contributed by atoms with E-state index in [1.165, 1.54) is 18.4 Å². The Morgan fingerprint density at radius 1 is 1.03 bits per heavy atom. The van der Waals surface area contributed by atoms with E-state index in [4.69, 9.17) is 0 Å². The van der Waals surface area contributed by atoms with E-state index in [1.54, 1.807) is 34.8 Å². The van der Waals surface area contributed by atoms with Crippen LogP contribution in [-0.2, 0) is 10.0 Å². The number of hydrogen-bond acceptors (Lipinski definition) is 4. The van der Waals surface area contributed by atoms with E-state index in [1.807, 2.05) is 55.5 Å². The van der Waals surface area contributed by atoms with Crippen molar-refractivity contribution >= 4 is 32.7 Å². The number of rotatable bonds is 7. The van der Waals surface area contributed by atoms with Gasteiger partial charge in [0.2, 0.25) is 10.0 Å². The van der Waals surface area contributed by atoms with Crippen molar-refractivity contribution in [3.05, 3.63) is 90.4 Å². The number of sulfonamides is 1. The summed E-state index contributed by atoms with van der Waals surface area (Å²) in [6, 6.07) is 21.8. The van der Waals surface area contributed by atoms with E-state index in [2.05, 4.69) is 9.82 Å². The van der Waals surface area contributed by atoms with Crippen LogP contribution in [0.4, 0.5) is 4.39 Å². The largest absolute Gasteiger partial charge is 0.233 e. The highest BCUT2D eigenvalue weighted by molar-refractivity contribution is 7.99. The first-order chi connectivity index (χ1) is 14.8. The van der Waals surface area contributed by atoms with Gasteiger partial charge in [-0.3, -0.25) is 0 Å². The second-order valence-corrected chi connectivity index (χ2v) is 10.4. The standard InChI is InChI=1S/C23H22FN3O2S2/c1-16(26-31(2,28)29)23(17-6-4-3-5-7-17)30-21-12-13-22-18(14-21)15-25-27(22)20-10-8-19(24)9-11-20/h3-16,23,26H,1-2H3/t16-,23+/m0/s1. The lowest BCUT2D eigenvalue weighted by Gasteiger charge is -2.24. The van der Waals surface area contributed by atoms with Crippen molar-refractivity contribution in [3.8, 4) is 5.69 Å². The molecule has 1 aromatic heterocycles. The highest BCUT2D eigenvalue weighted by Crippen LogP contribution is 2.39. The monoisotopic (exact) mass is 455 g/mol. The smallest absolute Gasteiger partial charge is 0.208 e. The van der Waals surface area contributed by atoms with Crippen molar-refractivity contribution in [3.63, 3.8) is 0 Å². The normalized spacial score (nSPS) is 13.9. The van der Waals surface area contributed by atoms with Crippen LogP contribution in [0.3, 0.4) is 0 Å². The lowest BCUT2D eigenvalue weighted by Crippen LogP contribution is -2.35. The van der Waals surface area contributed by atoms with Crippen LogP contribution < -0.4 is 4.72 Å². The second-order valence-electron chi connectivity index (χ2n) is 7.38.